The minimum atomic E-state index is -0.122. The van der Waals surface area contributed by atoms with Gasteiger partial charge in [0.1, 0.15) is 5.52 Å². The fraction of sp³-hybridized carbons (Fsp3) is 0.529. The van der Waals surface area contributed by atoms with Crippen LogP contribution in [0, 0.1) is 5.92 Å². The van der Waals surface area contributed by atoms with Crippen LogP contribution in [0.15, 0.2) is 18.2 Å². The van der Waals surface area contributed by atoms with Crippen LogP contribution in [0.3, 0.4) is 0 Å². The van der Waals surface area contributed by atoms with Gasteiger partial charge in [0.25, 0.3) is 5.91 Å². The average Bonchev–Trinajstić information content (AvgIpc) is 3.40. The van der Waals surface area contributed by atoms with Crippen molar-refractivity contribution in [3.8, 4) is 0 Å². The van der Waals surface area contributed by atoms with Crippen molar-refractivity contribution in [3.63, 3.8) is 0 Å². The van der Waals surface area contributed by atoms with Crippen molar-refractivity contribution < 1.29 is 9.59 Å². The van der Waals surface area contributed by atoms with E-state index in [1.165, 1.54) is 0 Å². The maximum Gasteiger partial charge on any atom is 0.251 e. The SMILES string of the molecule is Cn1nnc2cc(C(=O)NC[C@@H]3CN[C@H](C(=O)N4CCSC4)C3)ccc21. The number of benzene rings is 1. The average molecular weight is 374 g/mol. The number of hydrogen-bond acceptors (Lipinski definition) is 6. The molecule has 2 fully saturated rings. The molecule has 4 rings (SSSR count). The van der Waals surface area contributed by atoms with Crippen molar-refractivity contribution in [1.29, 1.82) is 0 Å². The molecule has 0 bridgehead atoms. The molecule has 26 heavy (non-hydrogen) atoms. The molecule has 0 radical (unpaired) electrons. The van der Waals surface area contributed by atoms with Crippen molar-refractivity contribution >= 4 is 34.6 Å². The normalized spacial score (nSPS) is 22.9. The molecule has 3 heterocycles. The molecular weight excluding hydrogens is 352 g/mol. The summed E-state index contributed by atoms with van der Waals surface area (Å²) in [6.07, 6.45) is 0.767. The van der Waals surface area contributed by atoms with Gasteiger partial charge in [-0.05, 0) is 30.5 Å². The standard InChI is InChI=1S/C17H22N6O2S/c1-22-15-3-2-12(7-13(15)20-21-22)16(24)19-9-11-6-14(18-8-11)17(25)23-4-5-26-10-23/h2-3,7,11,14,18H,4-6,8-10H2,1H3,(H,19,24)/t11-,14-/m0/s1. The van der Waals surface area contributed by atoms with Crippen LogP contribution in [0.5, 0.6) is 0 Å². The van der Waals surface area contributed by atoms with Crippen molar-refractivity contribution in [2.24, 2.45) is 13.0 Å². The molecule has 1 aromatic heterocycles. The van der Waals surface area contributed by atoms with Crippen LogP contribution in [0.25, 0.3) is 11.0 Å². The van der Waals surface area contributed by atoms with Crippen LogP contribution >= 0.6 is 11.8 Å². The highest BCUT2D eigenvalue weighted by Gasteiger charge is 2.33. The maximum absolute atomic E-state index is 12.4. The number of aryl methyl sites for hydroxylation is 1. The van der Waals surface area contributed by atoms with Crippen molar-refractivity contribution in [1.82, 2.24) is 30.5 Å². The second kappa shape index (κ2) is 7.24. The Balaban J connectivity index is 1.30. The molecule has 2 aliphatic heterocycles. The van der Waals surface area contributed by atoms with E-state index in [-0.39, 0.29) is 23.8 Å². The van der Waals surface area contributed by atoms with Gasteiger partial charge in [0.15, 0.2) is 0 Å². The number of hydrogen-bond donors (Lipinski definition) is 2. The third kappa shape index (κ3) is 3.41. The van der Waals surface area contributed by atoms with E-state index in [2.05, 4.69) is 20.9 Å². The van der Waals surface area contributed by atoms with Crippen LogP contribution in [0.1, 0.15) is 16.8 Å². The topological polar surface area (TPSA) is 92.1 Å². The van der Waals surface area contributed by atoms with Crippen molar-refractivity contribution in [3.05, 3.63) is 23.8 Å². The lowest BCUT2D eigenvalue weighted by Gasteiger charge is -2.19. The summed E-state index contributed by atoms with van der Waals surface area (Å²) in [4.78, 5) is 26.8. The highest BCUT2D eigenvalue weighted by Crippen LogP contribution is 2.20. The molecule has 2 amide bonds. The number of aromatic nitrogens is 3. The van der Waals surface area contributed by atoms with Gasteiger partial charge in [-0.3, -0.25) is 9.59 Å². The smallest absolute Gasteiger partial charge is 0.251 e. The number of carbonyl (C=O) groups excluding carboxylic acids is 2. The molecular formula is C17H22N6O2S. The zero-order chi connectivity index (χ0) is 18.1. The third-order valence-corrected chi connectivity index (χ3v) is 5.97. The Hall–Kier alpha value is -2.13. The van der Waals surface area contributed by atoms with Gasteiger partial charge in [-0.25, -0.2) is 4.68 Å². The zero-order valence-corrected chi connectivity index (χ0v) is 15.5. The van der Waals surface area contributed by atoms with Crippen LogP contribution < -0.4 is 10.6 Å². The first-order chi connectivity index (χ1) is 12.6. The van der Waals surface area contributed by atoms with Crippen LogP contribution in [-0.2, 0) is 11.8 Å². The minimum absolute atomic E-state index is 0.119. The Bertz CT molecular complexity index is 832. The second-order valence-electron chi connectivity index (χ2n) is 6.83. The number of carbonyl (C=O) groups is 2. The van der Waals surface area contributed by atoms with E-state index < -0.39 is 0 Å². The van der Waals surface area contributed by atoms with Gasteiger partial charge in [-0.1, -0.05) is 5.21 Å². The minimum Gasteiger partial charge on any atom is -0.352 e. The summed E-state index contributed by atoms with van der Waals surface area (Å²) in [5.41, 5.74) is 2.17. The largest absolute Gasteiger partial charge is 0.352 e. The Labute approximate surface area is 155 Å². The van der Waals surface area contributed by atoms with Gasteiger partial charge >= 0.3 is 0 Å². The first-order valence-corrected chi connectivity index (χ1v) is 9.95. The Morgan fingerprint density at radius 1 is 1.42 bits per heavy atom. The number of amides is 2. The van der Waals surface area contributed by atoms with E-state index in [0.29, 0.717) is 17.6 Å². The summed E-state index contributed by atoms with van der Waals surface area (Å²) < 4.78 is 1.68. The van der Waals surface area contributed by atoms with Gasteiger partial charge in [0.05, 0.1) is 17.4 Å². The number of fused-ring (bicyclic) bond motifs is 1. The maximum atomic E-state index is 12.4. The molecule has 138 valence electrons. The monoisotopic (exact) mass is 374 g/mol. The van der Waals surface area contributed by atoms with Gasteiger partial charge in [-0.2, -0.15) is 0 Å². The molecule has 2 aromatic rings. The lowest BCUT2D eigenvalue weighted by molar-refractivity contribution is -0.131. The quantitative estimate of drug-likeness (QED) is 0.795. The van der Waals surface area contributed by atoms with Gasteiger partial charge in [0, 0.05) is 38.0 Å². The fourth-order valence-corrected chi connectivity index (χ4v) is 4.44. The number of nitrogens with one attached hydrogen (secondary N) is 2. The van der Waals surface area contributed by atoms with Gasteiger partial charge < -0.3 is 15.5 Å². The van der Waals surface area contributed by atoms with E-state index in [0.717, 1.165) is 36.7 Å². The highest BCUT2D eigenvalue weighted by molar-refractivity contribution is 7.99. The van der Waals surface area contributed by atoms with Crippen LogP contribution in [-0.4, -0.2) is 69.0 Å². The first-order valence-electron chi connectivity index (χ1n) is 8.79. The summed E-state index contributed by atoms with van der Waals surface area (Å²) in [6, 6.07) is 5.27. The van der Waals surface area contributed by atoms with Crippen molar-refractivity contribution in [2.75, 3.05) is 31.3 Å². The van der Waals surface area contributed by atoms with Crippen LogP contribution in [0.2, 0.25) is 0 Å². The van der Waals surface area contributed by atoms with Crippen LogP contribution in [0.4, 0.5) is 0 Å². The molecule has 2 N–H and O–H groups in total. The van der Waals surface area contributed by atoms with E-state index in [1.807, 2.05) is 18.0 Å². The van der Waals surface area contributed by atoms with E-state index in [4.69, 9.17) is 0 Å². The second-order valence-corrected chi connectivity index (χ2v) is 7.90. The fourth-order valence-electron chi connectivity index (χ4n) is 3.48. The third-order valence-electron chi connectivity index (χ3n) is 5.01. The summed E-state index contributed by atoms with van der Waals surface area (Å²) in [5.74, 6) is 2.15. The summed E-state index contributed by atoms with van der Waals surface area (Å²) in [7, 11) is 1.82. The summed E-state index contributed by atoms with van der Waals surface area (Å²) >= 11 is 1.79. The molecule has 1 aromatic carbocycles. The molecule has 9 heteroatoms. The Morgan fingerprint density at radius 2 is 2.31 bits per heavy atom. The zero-order valence-electron chi connectivity index (χ0n) is 14.6. The number of thioether (sulfide) groups is 1. The molecule has 2 atom stereocenters. The lowest BCUT2D eigenvalue weighted by atomic mass is 10.0. The summed E-state index contributed by atoms with van der Waals surface area (Å²) in [5, 5.41) is 14.3. The molecule has 0 spiro atoms. The first kappa shape index (κ1) is 17.3. The molecule has 0 saturated carbocycles. The van der Waals surface area contributed by atoms with E-state index in [9.17, 15) is 9.59 Å². The van der Waals surface area contributed by atoms with E-state index >= 15 is 0 Å². The molecule has 2 aliphatic rings. The Kier molecular flexibility index (Phi) is 4.82. The Morgan fingerprint density at radius 3 is 3.12 bits per heavy atom. The predicted octanol–water partition coefficient (Wildman–Crippen LogP) is 0.209. The van der Waals surface area contributed by atoms with Crippen molar-refractivity contribution in [2.45, 2.75) is 12.5 Å². The van der Waals surface area contributed by atoms with Gasteiger partial charge in [-0.15, -0.1) is 16.9 Å². The highest BCUT2D eigenvalue weighted by atomic mass is 32.2. The summed E-state index contributed by atoms with van der Waals surface area (Å²) in [6.45, 7) is 2.15. The molecule has 2 saturated heterocycles. The number of rotatable bonds is 4. The molecule has 0 unspecified atom stereocenters. The number of nitrogens with zero attached hydrogens (tertiary/aromatic N) is 4. The van der Waals surface area contributed by atoms with E-state index in [1.54, 1.807) is 28.6 Å². The lowest BCUT2D eigenvalue weighted by Crippen LogP contribution is -2.42. The predicted molar refractivity (Wildman–Crippen MR) is 99.8 cm³/mol. The molecule has 8 nitrogen and oxygen atoms in total. The van der Waals surface area contributed by atoms with Gasteiger partial charge in [0.2, 0.25) is 5.91 Å². The molecule has 0 aliphatic carbocycles.